The Kier molecular flexibility index (Phi) is 11.2. The first-order valence-corrected chi connectivity index (χ1v) is 10.7. The molecule has 0 bridgehead atoms. The lowest BCUT2D eigenvalue weighted by atomic mass is 9.88. The fourth-order valence-corrected chi connectivity index (χ4v) is 3.53. The minimum Gasteiger partial charge on any atom is -0.331 e. The van der Waals surface area contributed by atoms with E-state index in [9.17, 15) is 13.2 Å². The Balaban J connectivity index is 2.79. The molecule has 1 unspecified atom stereocenters. The molecule has 0 spiro atoms. The van der Waals surface area contributed by atoms with Crippen LogP contribution in [0.5, 0.6) is 0 Å². The lowest BCUT2D eigenvalue weighted by molar-refractivity contribution is -0.395. The molecule has 0 N–H and O–H groups in total. The van der Waals surface area contributed by atoms with Crippen molar-refractivity contribution in [2.45, 2.75) is 104 Å². The maximum atomic E-state index is 13.7. The van der Waals surface area contributed by atoms with Gasteiger partial charge in [0.15, 0.2) is 17.5 Å². The van der Waals surface area contributed by atoms with Crippen LogP contribution in [0.1, 0.15) is 91.0 Å². The number of ether oxygens (including phenoxy) is 3. The van der Waals surface area contributed by atoms with Crippen molar-refractivity contribution in [3.63, 3.8) is 0 Å². The smallest absolute Gasteiger partial charge is 0.283 e. The van der Waals surface area contributed by atoms with Gasteiger partial charge in [-0.2, -0.15) is 0 Å². The molecule has 0 amide bonds. The van der Waals surface area contributed by atoms with Gasteiger partial charge >= 0.3 is 0 Å². The highest BCUT2D eigenvalue weighted by Crippen LogP contribution is 2.32. The maximum absolute atomic E-state index is 13.7. The molecule has 3 nitrogen and oxygen atoms in total. The molecule has 0 aliphatic heterocycles. The van der Waals surface area contributed by atoms with E-state index in [0.29, 0.717) is 12.0 Å². The Morgan fingerprint density at radius 3 is 1.83 bits per heavy atom. The summed E-state index contributed by atoms with van der Waals surface area (Å²) in [7, 11) is 1.57. The lowest BCUT2D eigenvalue weighted by Crippen LogP contribution is -2.42. The summed E-state index contributed by atoms with van der Waals surface area (Å²) in [6, 6.07) is 2.25. The van der Waals surface area contributed by atoms with Crippen molar-refractivity contribution in [3.05, 3.63) is 35.1 Å². The van der Waals surface area contributed by atoms with E-state index in [1.807, 2.05) is 27.7 Å². The molecule has 29 heavy (non-hydrogen) atoms. The minimum atomic E-state index is -1.41. The van der Waals surface area contributed by atoms with Crippen LogP contribution in [0.3, 0.4) is 0 Å². The largest absolute Gasteiger partial charge is 0.331 e. The zero-order valence-corrected chi connectivity index (χ0v) is 18.7. The fourth-order valence-electron chi connectivity index (χ4n) is 3.53. The number of methoxy groups -OCH3 is 1. The lowest BCUT2D eigenvalue weighted by Gasteiger charge is -2.35. The molecule has 0 aliphatic carbocycles. The summed E-state index contributed by atoms with van der Waals surface area (Å²) in [4.78, 5) is 0. The molecule has 1 aromatic carbocycles. The van der Waals surface area contributed by atoms with Crippen molar-refractivity contribution in [2.24, 2.45) is 0 Å². The molecule has 1 rings (SSSR count). The van der Waals surface area contributed by atoms with E-state index in [-0.39, 0.29) is 18.1 Å². The number of unbranched alkanes of at least 4 members (excludes halogenated alkanes) is 2. The van der Waals surface area contributed by atoms with Gasteiger partial charge in [0.1, 0.15) is 0 Å². The van der Waals surface area contributed by atoms with Gasteiger partial charge in [-0.1, -0.05) is 26.2 Å². The second-order valence-electron chi connectivity index (χ2n) is 8.10. The molecule has 0 fully saturated rings. The van der Waals surface area contributed by atoms with E-state index >= 15 is 0 Å². The highest BCUT2D eigenvalue weighted by atomic mass is 19.2. The van der Waals surface area contributed by atoms with Crippen LogP contribution in [0, 0.1) is 17.5 Å². The van der Waals surface area contributed by atoms with Crippen molar-refractivity contribution < 1.29 is 27.4 Å². The number of hydrogen-bond donors (Lipinski definition) is 0. The summed E-state index contributed by atoms with van der Waals surface area (Å²) < 4.78 is 58.1. The van der Waals surface area contributed by atoms with Gasteiger partial charge in [-0.05, 0) is 70.6 Å². The maximum Gasteiger partial charge on any atom is 0.283 e. The summed E-state index contributed by atoms with van der Waals surface area (Å²) in [5.74, 6) is -4.79. The average Bonchev–Trinajstić information content (AvgIpc) is 2.64. The second-order valence-corrected chi connectivity index (χ2v) is 8.10. The monoisotopic (exact) mass is 418 g/mol. The predicted octanol–water partition coefficient (Wildman–Crippen LogP) is 7.09. The first kappa shape index (κ1) is 25.9. The number of halogens is 3. The summed E-state index contributed by atoms with van der Waals surface area (Å²) >= 11 is 0. The Morgan fingerprint density at radius 2 is 1.38 bits per heavy atom. The molecule has 0 saturated carbocycles. The van der Waals surface area contributed by atoms with Gasteiger partial charge in [-0.3, -0.25) is 0 Å². The summed E-state index contributed by atoms with van der Waals surface area (Å²) in [5.41, 5.74) is 0.518. The second kappa shape index (κ2) is 12.6. The van der Waals surface area contributed by atoms with E-state index in [0.717, 1.165) is 50.7 Å². The van der Waals surface area contributed by atoms with Gasteiger partial charge < -0.3 is 14.2 Å². The standard InChI is InChI=1S/C23H37F3O3/c1-7-8-11-18(19-14-20(24)22(26)21(25)15-19)12-9-10-13-23(27-6,28-16(2)3)29-17(4)5/h14-18H,7-13H2,1-6H3. The summed E-state index contributed by atoms with van der Waals surface area (Å²) in [5, 5.41) is 0. The van der Waals surface area contributed by atoms with Gasteiger partial charge in [0, 0.05) is 13.5 Å². The highest BCUT2D eigenvalue weighted by molar-refractivity contribution is 5.23. The molecule has 0 heterocycles. The van der Waals surface area contributed by atoms with E-state index in [1.54, 1.807) is 7.11 Å². The van der Waals surface area contributed by atoms with Crippen molar-refractivity contribution in [1.29, 1.82) is 0 Å². The van der Waals surface area contributed by atoms with E-state index in [1.165, 1.54) is 0 Å². The van der Waals surface area contributed by atoms with E-state index in [2.05, 4.69) is 6.92 Å². The zero-order valence-electron chi connectivity index (χ0n) is 18.7. The van der Waals surface area contributed by atoms with E-state index in [4.69, 9.17) is 14.2 Å². The van der Waals surface area contributed by atoms with Crippen LogP contribution in [0.15, 0.2) is 12.1 Å². The van der Waals surface area contributed by atoms with Crippen LogP contribution in [-0.4, -0.2) is 25.3 Å². The van der Waals surface area contributed by atoms with Gasteiger partial charge in [0.25, 0.3) is 5.97 Å². The number of benzene rings is 1. The highest BCUT2D eigenvalue weighted by Gasteiger charge is 2.34. The molecular weight excluding hydrogens is 381 g/mol. The van der Waals surface area contributed by atoms with Crippen LogP contribution in [0.2, 0.25) is 0 Å². The summed E-state index contributed by atoms with van der Waals surface area (Å²) in [6.07, 6.45) is 5.49. The average molecular weight is 419 g/mol. The normalized spacial score (nSPS) is 13.5. The molecule has 6 heteroatoms. The Labute approximate surface area is 173 Å². The number of rotatable bonds is 14. The van der Waals surface area contributed by atoms with Crippen molar-refractivity contribution >= 4 is 0 Å². The Morgan fingerprint density at radius 1 is 0.862 bits per heavy atom. The van der Waals surface area contributed by atoms with Gasteiger partial charge in [-0.25, -0.2) is 13.2 Å². The molecule has 0 radical (unpaired) electrons. The van der Waals surface area contributed by atoms with E-state index < -0.39 is 23.4 Å². The van der Waals surface area contributed by atoms with Gasteiger partial charge in [-0.15, -0.1) is 0 Å². The summed E-state index contributed by atoms with van der Waals surface area (Å²) in [6.45, 7) is 9.78. The zero-order chi connectivity index (χ0) is 22.0. The van der Waals surface area contributed by atoms with Crippen molar-refractivity contribution in [3.8, 4) is 0 Å². The topological polar surface area (TPSA) is 27.7 Å². The van der Waals surface area contributed by atoms with Crippen molar-refractivity contribution in [1.82, 2.24) is 0 Å². The van der Waals surface area contributed by atoms with Crippen molar-refractivity contribution in [2.75, 3.05) is 7.11 Å². The third-order valence-electron chi connectivity index (χ3n) is 4.81. The van der Waals surface area contributed by atoms with Crippen LogP contribution in [-0.2, 0) is 14.2 Å². The van der Waals surface area contributed by atoms with Crippen LogP contribution < -0.4 is 0 Å². The van der Waals surface area contributed by atoms with Gasteiger partial charge in [0.2, 0.25) is 0 Å². The molecular formula is C23H37F3O3. The molecule has 0 aliphatic rings. The molecule has 1 aromatic rings. The molecule has 1 atom stereocenters. The first-order chi connectivity index (χ1) is 13.6. The molecule has 0 saturated heterocycles. The SMILES string of the molecule is CCCCC(CCCCC(OC)(OC(C)C)OC(C)C)c1cc(F)c(F)c(F)c1. The third-order valence-corrected chi connectivity index (χ3v) is 4.81. The number of hydrogen-bond acceptors (Lipinski definition) is 3. The Bertz CT molecular complexity index is 572. The fraction of sp³-hybridized carbons (Fsp3) is 0.739. The quantitative estimate of drug-likeness (QED) is 0.183. The molecule has 0 aromatic heterocycles. The minimum absolute atomic E-state index is 0.0199. The van der Waals surface area contributed by atoms with Crippen LogP contribution in [0.25, 0.3) is 0 Å². The Hall–Kier alpha value is -1.11. The molecule has 168 valence electrons. The predicted molar refractivity (Wildman–Crippen MR) is 109 cm³/mol. The van der Waals surface area contributed by atoms with Crippen LogP contribution in [0.4, 0.5) is 13.2 Å². The van der Waals surface area contributed by atoms with Crippen LogP contribution >= 0.6 is 0 Å². The third kappa shape index (κ3) is 8.65. The van der Waals surface area contributed by atoms with Gasteiger partial charge in [0.05, 0.1) is 12.2 Å². The first-order valence-electron chi connectivity index (χ1n) is 10.7.